The van der Waals surface area contributed by atoms with Crippen LogP contribution in [0.3, 0.4) is 0 Å². The van der Waals surface area contributed by atoms with Gasteiger partial charge in [0.05, 0.1) is 23.5 Å². The van der Waals surface area contributed by atoms with Crippen molar-refractivity contribution < 1.29 is 21.3 Å². The van der Waals surface area contributed by atoms with E-state index in [4.69, 9.17) is 0 Å². The van der Waals surface area contributed by atoms with Crippen LogP contribution in [0.4, 0.5) is 9.57 Å². The highest BCUT2D eigenvalue weighted by Gasteiger charge is 2.30. The van der Waals surface area contributed by atoms with Gasteiger partial charge in [0.2, 0.25) is 5.91 Å². The number of carbonyl (C=O) groups is 1. The summed E-state index contributed by atoms with van der Waals surface area (Å²) in [5.74, 6) is -0.654. The number of hydrogen-bond donors (Lipinski definition) is 1. The maximum absolute atomic E-state index is 12.6. The van der Waals surface area contributed by atoms with Crippen molar-refractivity contribution in [2.24, 2.45) is 0 Å². The lowest BCUT2D eigenvalue weighted by molar-refractivity contribution is -0.120. The van der Waals surface area contributed by atoms with Gasteiger partial charge in [-0.3, -0.25) is 9.78 Å². The van der Waals surface area contributed by atoms with Gasteiger partial charge in [-0.1, -0.05) is 33.7 Å². The van der Waals surface area contributed by atoms with Crippen molar-refractivity contribution in [3.63, 3.8) is 0 Å². The minimum atomic E-state index is -5.15. The molecule has 128 valence electrons. The van der Waals surface area contributed by atoms with Crippen LogP contribution in [0.15, 0.2) is 42.7 Å². The van der Waals surface area contributed by atoms with E-state index in [0.717, 1.165) is 17.3 Å². The van der Waals surface area contributed by atoms with Crippen LogP contribution in [0.2, 0.25) is 0 Å². The number of hydrogen-bond acceptors (Lipinski definition) is 5. The predicted octanol–water partition coefficient (Wildman–Crippen LogP) is 2.90. The smallest absolute Gasteiger partial charge is 0.357 e. The molecule has 0 aliphatic heterocycles. The zero-order chi connectivity index (χ0) is 18.0. The summed E-state index contributed by atoms with van der Waals surface area (Å²) in [7, 11) is -5.15. The Morgan fingerprint density at radius 3 is 2.58 bits per heavy atom. The number of rotatable bonds is 5. The molecule has 0 spiro atoms. The van der Waals surface area contributed by atoms with Gasteiger partial charge in [-0.25, -0.2) is 0 Å². The first-order valence-corrected chi connectivity index (χ1v) is 8.36. The van der Waals surface area contributed by atoms with Gasteiger partial charge in [-0.2, -0.15) is 8.42 Å². The molecular formula is C16H17FN2O4S. The Hall–Kier alpha value is -2.48. The molecule has 2 rings (SSSR count). The van der Waals surface area contributed by atoms with Crippen LogP contribution in [0, 0.1) is 6.92 Å². The van der Waals surface area contributed by atoms with E-state index in [1.165, 1.54) is 12.3 Å². The van der Waals surface area contributed by atoms with Gasteiger partial charge in [-0.05, 0) is 26.3 Å². The van der Waals surface area contributed by atoms with Crippen molar-refractivity contribution in [1.82, 2.24) is 4.98 Å². The summed E-state index contributed by atoms with van der Waals surface area (Å²) in [6.07, 6.45) is 2.33. The Morgan fingerprint density at radius 1 is 1.25 bits per heavy atom. The summed E-state index contributed by atoms with van der Waals surface area (Å²) in [5.41, 5.74) is 1.21. The Kier molecular flexibility index (Phi) is 4.88. The van der Waals surface area contributed by atoms with Crippen LogP contribution in [0.5, 0.6) is 5.75 Å². The van der Waals surface area contributed by atoms with E-state index < -0.39 is 15.9 Å². The van der Waals surface area contributed by atoms with Crippen LogP contribution in [-0.2, 0) is 20.7 Å². The first-order chi connectivity index (χ1) is 11.1. The van der Waals surface area contributed by atoms with E-state index in [1.54, 1.807) is 13.8 Å². The predicted molar refractivity (Wildman–Crippen MR) is 87.7 cm³/mol. The minimum Gasteiger partial charge on any atom is -0.357 e. The molecule has 24 heavy (non-hydrogen) atoms. The zero-order valence-electron chi connectivity index (χ0n) is 13.4. The van der Waals surface area contributed by atoms with Crippen LogP contribution in [-0.4, -0.2) is 19.3 Å². The zero-order valence-corrected chi connectivity index (χ0v) is 14.2. The highest BCUT2D eigenvalue weighted by atomic mass is 32.3. The second kappa shape index (κ2) is 6.56. The van der Waals surface area contributed by atoms with E-state index in [-0.39, 0.29) is 17.3 Å². The SMILES string of the molecule is Cc1cccc(C(C)(C)C(=O)Nc2cncc(OS(=O)(=O)F)c2)c1. The number of halogens is 1. The molecule has 8 heteroatoms. The van der Waals surface area contributed by atoms with Gasteiger partial charge < -0.3 is 9.50 Å². The molecule has 0 atom stereocenters. The molecule has 0 radical (unpaired) electrons. The van der Waals surface area contributed by atoms with Crippen LogP contribution >= 0.6 is 0 Å². The van der Waals surface area contributed by atoms with Crippen LogP contribution in [0.25, 0.3) is 0 Å². The van der Waals surface area contributed by atoms with Gasteiger partial charge in [0.1, 0.15) is 0 Å². The summed E-state index contributed by atoms with van der Waals surface area (Å²) in [4.78, 5) is 16.3. The highest BCUT2D eigenvalue weighted by molar-refractivity contribution is 7.81. The highest BCUT2D eigenvalue weighted by Crippen LogP contribution is 2.26. The second-order valence-electron chi connectivity index (χ2n) is 5.83. The Labute approximate surface area is 140 Å². The van der Waals surface area contributed by atoms with Gasteiger partial charge >= 0.3 is 10.5 Å². The minimum absolute atomic E-state index is 0.196. The summed E-state index contributed by atoms with van der Waals surface area (Å²) >= 11 is 0. The van der Waals surface area contributed by atoms with Gasteiger partial charge in [0.25, 0.3) is 0 Å². The van der Waals surface area contributed by atoms with Gasteiger partial charge in [-0.15, -0.1) is 0 Å². The molecule has 0 saturated carbocycles. The van der Waals surface area contributed by atoms with E-state index in [0.29, 0.717) is 0 Å². The third-order valence-electron chi connectivity index (χ3n) is 3.47. The Bertz CT molecular complexity index is 866. The first-order valence-electron chi connectivity index (χ1n) is 7.06. The molecule has 1 N–H and O–H groups in total. The molecule has 0 unspecified atom stereocenters. The van der Waals surface area contributed by atoms with E-state index in [1.807, 2.05) is 31.2 Å². The fraction of sp³-hybridized carbons (Fsp3) is 0.250. The van der Waals surface area contributed by atoms with E-state index >= 15 is 0 Å². The topological polar surface area (TPSA) is 85.4 Å². The molecule has 2 aromatic rings. The van der Waals surface area contributed by atoms with Gasteiger partial charge in [0.15, 0.2) is 5.75 Å². The molecule has 0 bridgehead atoms. The van der Waals surface area contributed by atoms with Gasteiger partial charge in [0, 0.05) is 6.07 Å². The molecule has 1 aromatic carbocycles. The summed E-state index contributed by atoms with van der Waals surface area (Å²) in [6, 6.07) is 8.73. The van der Waals surface area contributed by atoms with Crippen molar-refractivity contribution in [3.05, 3.63) is 53.9 Å². The first kappa shape index (κ1) is 17.9. The molecule has 1 aromatic heterocycles. The quantitative estimate of drug-likeness (QED) is 0.836. The van der Waals surface area contributed by atoms with Crippen LogP contribution < -0.4 is 9.50 Å². The number of anilines is 1. The number of nitrogens with zero attached hydrogens (tertiary/aromatic N) is 1. The molecule has 0 aliphatic rings. The standard InChI is InChI=1S/C16H17FN2O4S/c1-11-5-4-6-12(7-11)16(2,3)15(20)19-13-8-14(10-18-9-13)23-24(17,21)22/h4-10H,1-3H3,(H,19,20). The summed E-state index contributed by atoms with van der Waals surface area (Å²) < 4.78 is 37.7. The number of aryl methyl sites for hydroxylation is 1. The Balaban J connectivity index is 2.21. The summed E-state index contributed by atoms with van der Waals surface area (Å²) in [6.45, 7) is 5.45. The molecule has 0 saturated heterocycles. The largest absolute Gasteiger partial charge is 0.488 e. The molecule has 0 fully saturated rings. The van der Waals surface area contributed by atoms with Crippen molar-refractivity contribution in [3.8, 4) is 5.75 Å². The number of aromatic nitrogens is 1. The molecule has 0 aliphatic carbocycles. The number of pyridine rings is 1. The number of amides is 1. The normalized spacial score (nSPS) is 11.8. The Morgan fingerprint density at radius 2 is 1.96 bits per heavy atom. The third kappa shape index (κ3) is 4.51. The number of benzene rings is 1. The lowest BCUT2D eigenvalue weighted by Crippen LogP contribution is -2.34. The number of nitrogens with one attached hydrogen (secondary N) is 1. The number of carbonyl (C=O) groups excluding carboxylic acids is 1. The average Bonchev–Trinajstić information content (AvgIpc) is 2.45. The second-order valence-corrected chi connectivity index (χ2v) is 6.79. The maximum atomic E-state index is 12.6. The van der Waals surface area contributed by atoms with E-state index in [2.05, 4.69) is 14.5 Å². The lowest BCUT2D eigenvalue weighted by Gasteiger charge is -2.24. The monoisotopic (exact) mass is 352 g/mol. The van der Waals surface area contributed by atoms with Crippen LogP contribution in [0.1, 0.15) is 25.0 Å². The van der Waals surface area contributed by atoms with Crippen molar-refractivity contribution >= 4 is 22.1 Å². The van der Waals surface area contributed by atoms with Crippen molar-refractivity contribution in [1.29, 1.82) is 0 Å². The molecule has 1 heterocycles. The van der Waals surface area contributed by atoms with Crippen molar-refractivity contribution in [2.45, 2.75) is 26.2 Å². The maximum Gasteiger partial charge on any atom is 0.488 e. The third-order valence-corrected chi connectivity index (χ3v) is 3.87. The average molecular weight is 352 g/mol. The lowest BCUT2D eigenvalue weighted by atomic mass is 9.83. The van der Waals surface area contributed by atoms with E-state index in [9.17, 15) is 17.1 Å². The van der Waals surface area contributed by atoms with Crippen molar-refractivity contribution in [2.75, 3.05) is 5.32 Å². The molecule has 6 nitrogen and oxygen atoms in total. The molecular weight excluding hydrogens is 335 g/mol. The summed E-state index contributed by atoms with van der Waals surface area (Å²) in [5, 5.41) is 2.63. The molecule has 1 amide bonds. The fourth-order valence-corrected chi connectivity index (χ4v) is 2.42. The fourth-order valence-electron chi connectivity index (χ4n) is 2.10.